The van der Waals surface area contributed by atoms with Crippen LogP contribution in [0.5, 0.6) is 0 Å². The Kier molecular flexibility index (Phi) is 5.81. The second-order valence-electron chi connectivity index (χ2n) is 11.7. The Morgan fingerprint density at radius 2 is 0.867 bits per heavy atom. The minimum absolute atomic E-state index is 0.824. The first kappa shape index (κ1) is 26.0. The van der Waals surface area contributed by atoms with E-state index in [0.717, 1.165) is 27.1 Å². The van der Waals surface area contributed by atoms with Gasteiger partial charge in [-0.15, -0.1) is 0 Å². The van der Waals surface area contributed by atoms with Gasteiger partial charge in [0.1, 0.15) is 0 Å². The van der Waals surface area contributed by atoms with E-state index in [1.165, 1.54) is 48.6 Å². The summed E-state index contributed by atoms with van der Waals surface area (Å²) in [6.45, 7) is 0. The molecule has 0 unspecified atom stereocenters. The lowest BCUT2D eigenvalue weighted by Crippen LogP contribution is -2.24. The molecule has 1 heterocycles. The van der Waals surface area contributed by atoms with Gasteiger partial charge in [-0.2, -0.15) is 0 Å². The molecule has 0 aliphatic carbocycles. The standard InChI is InChI=1S/C42H28NOP/c44-45(32-15-3-1-4-16-32,33-17-5-2-6-18-33)34-25-23-31(24-26-34)43-40-28-30-14-8-7-13-29(30)27-39(40)41-37-21-11-9-19-35(37)36-20-10-12-22-38(36)42(41)43/h1-28H. The van der Waals surface area contributed by atoms with Crippen LogP contribution < -0.4 is 15.9 Å². The monoisotopic (exact) mass is 593 g/mol. The van der Waals surface area contributed by atoms with Gasteiger partial charge in [0.05, 0.1) is 11.0 Å². The highest BCUT2D eigenvalue weighted by Gasteiger charge is 2.29. The zero-order valence-corrected chi connectivity index (χ0v) is 25.4. The Morgan fingerprint density at radius 3 is 1.49 bits per heavy atom. The van der Waals surface area contributed by atoms with Crippen LogP contribution in [0.2, 0.25) is 0 Å². The van der Waals surface area contributed by atoms with Crippen molar-refractivity contribution < 1.29 is 4.57 Å². The number of hydrogen-bond donors (Lipinski definition) is 0. The number of aromatic nitrogens is 1. The largest absolute Gasteiger partial charge is 0.309 e. The minimum atomic E-state index is -3.08. The van der Waals surface area contributed by atoms with Gasteiger partial charge in [0.25, 0.3) is 0 Å². The van der Waals surface area contributed by atoms with Crippen molar-refractivity contribution in [1.82, 2.24) is 4.57 Å². The summed E-state index contributed by atoms with van der Waals surface area (Å²) in [5.74, 6) is 0. The predicted molar refractivity (Wildman–Crippen MR) is 193 cm³/mol. The van der Waals surface area contributed by atoms with Crippen LogP contribution in [0.15, 0.2) is 170 Å². The van der Waals surface area contributed by atoms with Crippen LogP contribution in [0.4, 0.5) is 0 Å². The van der Waals surface area contributed by atoms with E-state index >= 15 is 4.57 Å². The molecule has 8 aromatic carbocycles. The molecule has 45 heavy (non-hydrogen) atoms. The first-order chi connectivity index (χ1) is 22.2. The lowest BCUT2D eigenvalue weighted by molar-refractivity contribution is 0.592. The van der Waals surface area contributed by atoms with Crippen molar-refractivity contribution in [2.24, 2.45) is 0 Å². The Balaban J connectivity index is 1.37. The van der Waals surface area contributed by atoms with Crippen molar-refractivity contribution in [3.63, 3.8) is 0 Å². The first-order valence-corrected chi connectivity index (χ1v) is 17.0. The van der Waals surface area contributed by atoms with Gasteiger partial charge in [-0.25, -0.2) is 0 Å². The lowest BCUT2D eigenvalue weighted by atomic mass is 9.96. The van der Waals surface area contributed by atoms with Gasteiger partial charge in [0, 0.05) is 37.8 Å². The van der Waals surface area contributed by atoms with Crippen molar-refractivity contribution in [2.75, 3.05) is 0 Å². The molecule has 2 nitrogen and oxygen atoms in total. The van der Waals surface area contributed by atoms with Crippen molar-refractivity contribution in [3.05, 3.63) is 170 Å². The summed E-state index contributed by atoms with van der Waals surface area (Å²) in [5, 5.41) is 12.4. The molecule has 9 rings (SSSR count). The van der Waals surface area contributed by atoms with Crippen molar-refractivity contribution in [1.29, 1.82) is 0 Å². The molecule has 3 heteroatoms. The fraction of sp³-hybridized carbons (Fsp3) is 0. The van der Waals surface area contributed by atoms with E-state index in [4.69, 9.17) is 0 Å². The van der Waals surface area contributed by atoms with Gasteiger partial charge in [-0.3, -0.25) is 0 Å². The van der Waals surface area contributed by atoms with Gasteiger partial charge in [0.2, 0.25) is 0 Å². The fourth-order valence-electron chi connectivity index (χ4n) is 7.16. The third-order valence-electron chi connectivity index (χ3n) is 9.21. The van der Waals surface area contributed by atoms with Gasteiger partial charge in [-0.05, 0) is 63.3 Å². The highest BCUT2D eigenvalue weighted by molar-refractivity contribution is 7.85. The predicted octanol–water partition coefficient (Wildman–Crippen LogP) is 9.88. The van der Waals surface area contributed by atoms with E-state index in [1.807, 2.05) is 60.7 Å². The molecule has 0 aliphatic heterocycles. The highest BCUT2D eigenvalue weighted by Crippen LogP contribution is 2.45. The maximum atomic E-state index is 15.1. The molecule has 0 spiro atoms. The molecule has 9 aromatic rings. The molecule has 1 aromatic heterocycles. The Bertz CT molecular complexity index is 2560. The van der Waals surface area contributed by atoms with Crippen LogP contribution in [-0.2, 0) is 4.57 Å². The number of rotatable bonds is 4. The second kappa shape index (κ2) is 10.1. The smallest absolute Gasteiger partial charge is 0.171 e. The van der Waals surface area contributed by atoms with Crippen molar-refractivity contribution in [3.8, 4) is 5.69 Å². The van der Waals surface area contributed by atoms with E-state index in [0.29, 0.717) is 0 Å². The van der Waals surface area contributed by atoms with E-state index in [1.54, 1.807) is 0 Å². The zero-order chi connectivity index (χ0) is 30.0. The fourth-order valence-corrected chi connectivity index (χ4v) is 9.81. The van der Waals surface area contributed by atoms with E-state index in [2.05, 4.69) is 114 Å². The van der Waals surface area contributed by atoms with Crippen molar-refractivity contribution >= 4 is 77.2 Å². The van der Waals surface area contributed by atoms with Gasteiger partial charge < -0.3 is 9.13 Å². The van der Waals surface area contributed by atoms with Crippen LogP contribution in [0.3, 0.4) is 0 Å². The Labute approximate surface area is 261 Å². The Morgan fingerprint density at radius 1 is 0.400 bits per heavy atom. The summed E-state index contributed by atoms with van der Waals surface area (Å²) in [6.07, 6.45) is 0. The number of nitrogens with zero attached hydrogens (tertiary/aromatic N) is 1. The molecular weight excluding hydrogens is 565 g/mol. The molecule has 0 saturated carbocycles. The quantitative estimate of drug-likeness (QED) is 0.147. The van der Waals surface area contributed by atoms with Gasteiger partial charge in [0.15, 0.2) is 7.14 Å². The molecule has 212 valence electrons. The number of benzene rings is 8. The molecular formula is C42H28NOP. The van der Waals surface area contributed by atoms with Crippen LogP contribution in [-0.4, -0.2) is 4.57 Å². The average molecular weight is 594 g/mol. The molecule has 0 aliphatic rings. The maximum absolute atomic E-state index is 15.1. The normalized spacial score (nSPS) is 12.1. The molecule has 0 N–H and O–H groups in total. The summed E-state index contributed by atoms with van der Waals surface area (Å²) >= 11 is 0. The third-order valence-corrected chi connectivity index (χ3v) is 12.3. The summed E-state index contributed by atoms with van der Waals surface area (Å²) in [7, 11) is -3.08. The Hall–Kier alpha value is -5.43. The van der Waals surface area contributed by atoms with E-state index in [9.17, 15) is 0 Å². The molecule has 0 saturated heterocycles. The lowest BCUT2D eigenvalue weighted by Gasteiger charge is -2.20. The highest BCUT2D eigenvalue weighted by atomic mass is 31.2. The van der Waals surface area contributed by atoms with Gasteiger partial charge in [-0.1, -0.05) is 133 Å². The first-order valence-electron chi connectivity index (χ1n) is 15.3. The molecule has 0 bridgehead atoms. The molecule has 0 radical (unpaired) electrons. The summed E-state index contributed by atoms with van der Waals surface area (Å²) in [5.41, 5.74) is 3.39. The van der Waals surface area contributed by atoms with Crippen molar-refractivity contribution in [2.45, 2.75) is 0 Å². The van der Waals surface area contributed by atoms with Crippen LogP contribution in [0.25, 0.3) is 59.8 Å². The van der Waals surface area contributed by atoms with Gasteiger partial charge >= 0.3 is 0 Å². The van der Waals surface area contributed by atoms with E-state index < -0.39 is 7.14 Å². The van der Waals surface area contributed by atoms with Crippen LogP contribution >= 0.6 is 7.14 Å². The SMILES string of the molecule is O=P(c1ccccc1)(c1ccccc1)c1ccc(-n2c3cc4ccccc4cc3c3c4ccccc4c4ccccc4c32)cc1. The molecule has 0 amide bonds. The van der Waals surface area contributed by atoms with Crippen LogP contribution in [0, 0.1) is 0 Å². The summed E-state index contributed by atoms with van der Waals surface area (Å²) < 4.78 is 17.5. The molecule has 0 fully saturated rings. The number of hydrogen-bond acceptors (Lipinski definition) is 1. The number of fused-ring (bicyclic) bond motifs is 9. The average Bonchev–Trinajstić information content (AvgIpc) is 3.45. The topological polar surface area (TPSA) is 22.0 Å². The zero-order valence-electron chi connectivity index (χ0n) is 24.5. The minimum Gasteiger partial charge on any atom is -0.309 e. The summed E-state index contributed by atoms with van der Waals surface area (Å²) in [4.78, 5) is 0. The van der Waals surface area contributed by atoms with Crippen LogP contribution in [0.1, 0.15) is 0 Å². The summed E-state index contributed by atoms with van der Waals surface area (Å²) in [6, 6.07) is 58.9. The molecule has 0 atom stereocenters. The second-order valence-corrected chi connectivity index (χ2v) is 14.4. The maximum Gasteiger partial charge on any atom is 0.171 e. The third kappa shape index (κ3) is 3.86. The van der Waals surface area contributed by atoms with E-state index in [-0.39, 0.29) is 0 Å².